The second-order valence-corrected chi connectivity index (χ2v) is 5.98. The molecule has 0 spiro atoms. The standard InChI is InChI=1S/C14H19BrFNO/c1-9(13-5-3-11(16)7-14(13)15)17-8-10-2-4-12(18)6-10/h3,5,7,9-10,12,17-18H,2,4,6,8H2,1H3. The number of hydrogen-bond donors (Lipinski definition) is 2. The second kappa shape index (κ2) is 6.13. The van der Waals surface area contributed by atoms with Crippen LogP contribution in [0.4, 0.5) is 4.39 Å². The molecule has 0 aliphatic heterocycles. The number of rotatable bonds is 4. The summed E-state index contributed by atoms with van der Waals surface area (Å²) in [5, 5.41) is 12.9. The molecule has 3 atom stereocenters. The Morgan fingerprint density at radius 2 is 2.28 bits per heavy atom. The molecule has 1 aromatic rings. The van der Waals surface area contributed by atoms with Crippen molar-refractivity contribution in [1.82, 2.24) is 5.32 Å². The normalized spacial score (nSPS) is 25.3. The molecule has 0 radical (unpaired) electrons. The molecule has 2 N–H and O–H groups in total. The van der Waals surface area contributed by atoms with Gasteiger partial charge in [0.15, 0.2) is 0 Å². The second-order valence-electron chi connectivity index (χ2n) is 5.13. The van der Waals surface area contributed by atoms with Gasteiger partial charge in [-0.1, -0.05) is 22.0 Å². The molecule has 3 unspecified atom stereocenters. The van der Waals surface area contributed by atoms with Crippen LogP contribution in [0, 0.1) is 11.7 Å². The summed E-state index contributed by atoms with van der Waals surface area (Å²) in [5.74, 6) is 0.332. The maximum absolute atomic E-state index is 13.0. The Labute approximate surface area is 116 Å². The maximum Gasteiger partial charge on any atom is 0.124 e. The van der Waals surface area contributed by atoms with Crippen LogP contribution in [-0.4, -0.2) is 17.8 Å². The van der Waals surface area contributed by atoms with Crippen molar-refractivity contribution in [3.05, 3.63) is 34.1 Å². The van der Waals surface area contributed by atoms with E-state index in [0.29, 0.717) is 5.92 Å². The topological polar surface area (TPSA) is 32.3 Å². The lowest BCUT2D eigenvalue weighted by Crippen LogP contribution is -2.25. The zero-order valence-electron chi connectivity index (χ0n) is 10.5. The quantitative estimate of drug-likeness (QED) is 0.892. The molecule has 1 aromatic carbocycles. The van der Waals surface area contributed by atoms with E-state index in [2.05, 4.69) is 28.2 Å². The summed E-state index contributed by atoms with van der Waals surface area (Å²) < 4.78 is 13.8. The van der Waals surface area contributed by atoms with Crippen molar-refractivity contribution < 1.29 is 9.50 Å². The maximum atomic E-state index is 13.0. The van der Waals surface area contributed by atoms with E-state index in [1.807, 2.05) is 0 Å². The molecular weight excluding hydrogens is 297 g/mol. The van der Waals surface area contributed by atoms with Gasteiger partial charge in [0.25, 0.3) is 0 Å². The molecule has 4 heteroatoms. The molecule has 0 aromatic heterocycles. The van der Waals surface area contributed by atoms with Crippen molar-refractivity contribution >= 4 is 15.9 Å². The van der Waals surface area contributed by atoms with Gasteiger partial charge in [-0.05, 0) is 56.3 Å². The summed E-state index contributed by atoms with van der Waals surface area (Å²) in [6.45, 7) is 2.98. The number of benzene rings is 1. The molecule has 0 bridgehead atoms. The average Bonchev–Trinajstić information content (AvgIpc) is 2.72. The van der Waals surface area contributed by atoms with Crippen LogP contribution < -0.4 is 5.32 Å². The van der Waals surface area contributed by atoms with Crippen molar-refractivity contribution in [1.29, 1.82) is 0 Å². The fourth-order valence-electron chi connectivity index (χ4n) is 2.54. The first kappa shape index (κ1) is 14.0. The summed E-state index contributed by atoms with van der Waals surface area (Å²) in [4.78, 5) is 0. The van der Waals surface area contributed by atoms with E-state index in [9.17, 15) is 9.50 Å². The average molecular weight is 316 g/mol. The highest BCUT2D eigenvalue weighted by molar-refractivity contribution is 9.10. The van der Waals surface area contributed by atoms with Crippen LogP contribution in [0.1, 0.15) is 37.8 Å². The highest BCUT2D eigenvalue weighted by Gasteiger charge is 2.23. The van der Waals surface area contributed by atoms with Crippen LogP contribution in [0.25, 0.3) is 0 Å². The van der Waals surface area contributed by atoms with Crippen LogP contribution in [0.3, 0.4) is 0 Å². The van der Waals surface area contributed by atoms with Gasteiger partial charge in [0.1, 0.15) is 5.82 Å². The summed E-state index contributed by atoms with van der Waals surface area (Å²) >= 11 is 3.39. The van der Waals surface area contributed by atoms with Gasteiger partial charge >= 0.3 is 0 Å². The van der Waals surface area contributed by atoms with E-state index in [1.165, 1.54) is 12.1 Å². The molecule has 100 valence electrons. The molecular formula is C14H19BrFNO. The lowest BCUT2D eigenvalue weighted by Gasteiger charge is -2.18. The fraction of sp³-hybridized carbons (Fsp3) is 0.571. The molecule has 2 nitrogen and oxygen atoms in total. The third kappa shape index (κ3) is 3.53. The summed E-state index contributed by atoms with van der Waals surface area (Å²) in [6.07, 6.45) is 2.78. The van der Waals surface area contributed by atoms with Gasteiger partial charge in [0, 0.05) is 10.5 Å². The van der Waals surface area contributed by atoms with Crippen LogP contribution in [0.5, 0.6) is 0 Å². The first-order chi connectivity index (χ1) is 8.56. The van der Waals surface area contributed by atoms with Crippen molar-refractivity contribution in [2.24, 2.45) is 5.92 Å². The fourth-order valence-corrected chi connectivity index (χ4v) is 3.23. The van der Waals surface area contributed by atoms with Crippen molar-refractivity contribution in [2.45, 2.75) is 38.3 Å². The molecule has 1 aliphatic carbocycles. The van der Waals surface area contributed by atoms with Crippen LogP contribution >= 0.6 is 15.9 Å². The van der Waals surface area contributed by atoms with Crippen molar-refractivity contribution in [3.8, 4) is 0 Å². The van der Waals surface area contributed by atoms with E-state index in [-0.39, 0.29) is 18.0 Å². The summed E-state index contributed by atoms with van der Waals surface area (Å²) in [5.41, 5.74) is 1.06. The van der Waals surface area contributed by atoms with E-state index in [1.54, 1.807) is 6.07 Å². The zero-order chi connectivity index (χ0) is 13.1. The minimum absolute atomic E-state index is 0.121. The molecule has 0 heterocycles. The Bertz CT molecular complexity index is 413. The molecule has 0 saturated heterocycles. The Balaban J connectivity index is 1.89. The Kier molecular flexibility index (Phi) is 4.76. The van der Waals surface area contributed by atoms with Gasteiger partial charge in [0.05, 0.1) is 6.10 Å². The van der Waals surface area contributed by atoms with Crippen LogP contribution in [0.2, 0.25) is 0 Å². The Hall–Kier alpha value is -0.450. The van der Waals surface area contributed by atoms with E-state index in [4.69, 9.17) is 0 Å². The van der Waals surface area contributed by atoms with Crippen molar-refractivity contribution in [3.63, 3.8) is 0 Å². The van der Waals surface area contributed by atoms with E-state index in [0.717, 1.165) is 35.8 Å². The predicted octanol–water partition coefficient (Wildman–Crippen LogP) is 3.40. The number of aliphatic hydroxyl groups is 1. The molecule has 1 fully saturated rings. The lowest BCUT2D eigenvalue weighted by molar-refractivity contribution is 0.177. The first-order valence-electron chi connectivity index (χ1n) is 6.42. The summed E-state index contributed by atoms with van der Waals surface area (Å²) in [7, 11) is 0. The SMILES string of the molecule is CC(NCC1CCC(O)C1)c1ccc(F)cc1Br. The van der Waals surface area contributed by atoms with Gasteiger partial charge in [-0.2, -0.15) is 0 Å². The molecule has 1 saturated carbocycles. The largest absolute Gasteiger partial charge is 0.393 e. The highest BCUT2D eigenvalue weighted by Crippen LogP contribution is 2.27. The molecule has 0 amide bonds. The van der Waals surface area contributed by atoms with Crippen LogP contribution in [0.15, 0.2) is 22.7 Å². The zero-order valence-corrected chi connectivity index (χ0v) is 12.1. The van der Waals surface area contributed by atoms with E-state index < -0.39 is 0 Å². The van der Waals surface area contributed by atoms with Gasteiger partial charge in [-0.3, -0.25) is 0 Å². The Morgan fingerprint density at radius 1 is 1.50 bits per heavy atom. The van der Waals surface area contributed by atoms with Gasteiger partial charge in [-0.25, -0.2) is 4.39 Å². The minimum atomic E-state index is -0.225. The number of aliphatic hydroxyl groups excluding tert-OH is 1. The van der Waals surface area contributed by atoms with Crippen molar-refractivity contribution in [2.75, 3.05) is 6.54 Å². The third-order valence-corrected chi connectivity index (χ3v) is 4.34. The third-order valence-electron chi connectivity index (χ3n) is 3.66. The van der Waals surface area contributed by atoms with Crippen LogP contribution in [-0.2, 0) is 0 Å². The summed E-state index contributed by atoms with van der Waals surface area (Å²) in [6, 6.07) is 4.96. The predicted molar refractivity (Wildman–Crippen MR) is 73.9 cm³/mol. The van der Waals surface area contributed by atoms with E-state index >= 15 is 0 Å². The van der Waals surface area contributed by atoms with Gasteiger partial charge in [0.2, 0.25) is 0 Å². The number of nitrogens with one attached hydrogen (secondary N) is 1. The van der Waals surface area contributed by atoms with Gasteiger partial charge < -0.3 is 10.4 Å². The Morgan fingerprint density at radius 3 is 2.89 bits per heavy atom. The van der Waals surface area contributed by atoms with Gasteiger partial charge in [-0.15, -0.1) is 0 Å². The monoisotopic (exact) mass is 315 g/mol. The molecule has 2 rings (SSSR count). The lowest BCUT2D eigenvalue weighted by atomic mass is 10.1. The number of halogens is 2. The highest BCUT2D eigenvalue weighted by atomic mass is 79.9. The minimum Gasteiger partial charge on any atom is -0.393 e. The first-order valence-corrected chi connectivity index (χ1v) is 7.22. The smallest absolute Gasteiger partial charge is 0.124 e. The molecule has 18 heavy (non-hydrogen) atoms. The molecule has 1 aliphatic rings. The number of hydrogen-bond acceptors (Lipinski definition) is 2.